The SMILES string of the molecule is COc1ccc(-c2nnc(N3CC[C@H](C(=O)O)[C@H](C)C3)s2)cc1. The normalized spacial score (nSPS) is 21.2. The third-order valence-corrected chi connectivity index (χ3v) is 5.28. The molecule has 2 heterocycles. The number of aliphatic carboxylic acids is 1. The van der Waals surface area contributed by atoms with E-state index in [0.29, 0.717) is 19.5 Å². The van der Waals surface area contributed by atoms with Gasteiger partial charge in [0.2, 0.25) is 5.13 Å². The number of methoxy groups -OCH3 is 1. The van der Waals surface area contributed by atoms with E-state index in [9.17, 15) is 9.90 Å². The zero-order valence-corrected chi connectivity index (χ0v) is 13.9. The number of rotatable bonds is 4. The molecule has 7 heteroatoms. The number of piperidine rings is 1. The Labute approximate surface area is 138 Å². The van der Waals surface area contributed by atoms with Gasteiger partial charge in [-0.15, -0.1) is 10.2 Å². The van der Waals surface area contributed by atoms with Crippen LogP contribution in [-0.2, 0) is 4.79 Å². The summed E-state index contributed by atoms with van der Waals surface area (Å²) in [4.78, 5) is 13.3. The van der Waals surface area contributed by atoms with E-state index in [-0.39, 0.29) is 11.8 Å². The van der Waals surface area contributed by atoms with Crippen LogP contribution in [0.5, 0.6) is 5.75 Å². The molecule has 0 bridgehead atoms. The van der Waals surface area contributed by atoms with Crippen molar-refractivity contribution >= 4 is 22.4 Å². The fourth-order valence-electron chi connectivity index (χ4n) is 2.88. The third kappa shape index (κ3) is 3.29. The molecule has 1 N–H and O–H groups in total. The second-order valence-corrected chi connectivity index (χ2v) is 6.73. The standard InChI is InChI=1S/C16H19N3O3S/c1-10-9-19(8-7-13(10)15(20)21)16-18-17-14(23-16)11-3-5-12(22-2)6-4-11/h3-6,10,13H,7-9H2,1-2H3,(H,20,21)/t10-,13+/m1/s1. The average molecular weight is 333 g/mol. The highest BCUT2D eigenvalue weighted by molar-refractivity contribution is 7.18. The lowest BCUT2D eigenvalue weighted by molar-refractivity contribution is -0.144. The van der Waals surface area contributed by atoms with Crippen LogP contribution in [0.25, 0.3) is 10.6 Å². The Morgan fingerprint density at radius 2 is 2.09 bits per heavy atom. The molecule has 0 radical (unpaired) electrons. The number of carboxylic acids is 1. The number of carboxylic acid groups (broad SMARTS) is 1. The fraction of sp³-hybridized carbons (Fsp3) is 0.438. The van der Waals surface area contributed by atoms with Crippen LogP contribution in [0.2, 0.25) is 0 Å². The molecule has 1 fully saturated rings. The van der Waals surface area contributed by atoms with E-state index in [2.05, 4.69) is 15.1 Å². The van der Waals surface area contributed by atoms with E-state index >= 15 is 0 Å². The third-order valence-electron chi connectivity index (χ3n) is 4.24. The second-order valence-electron chi connectivity index (χ2n) is 5.77. The molecule has 0 amide bonds. The van der Waals surface area contributed by atoms with Crippen LogP contribution in [0.1, 0.15) is 13.3 Å². The first-order chi connectivity index (χ1) is 11.1. The summed E-state index contributed by atoms with van der Waals surface area (Å²) in [5.74, 6) is -0.0498. The van der Waals surface area contributed by atoms with E-state index in [0.717, 1.165) is 21.5 Å². The summed E-state index contributed by atoms with van der Waals surface area (Å²) in [5, 5.41) is 19.5. The minimum Gasteiger partial charge on any atom is -0.497 e. The monoisotopic (exact) mass is 333 g/mol. The average Bonchev–Trinajstić information content (AvgIpc) is 3.04. The van der Waals surface area contributed by atoms with Crippen molar-refractivity contribution in [1.29, 1.82) is 0 Å². The number of anilines is 1. The molecule has 0 unspecified atom stereocenters. The van der Waals surface area contributed by atoms with Gasteiger partial charge in [0.1, 0.15) is 10.8 Å². The van der Waals surface area contributed by atoms with Crippen molar-refractivity contribution in [3.8, 4) is 16.3 Å². The Bertz CT molecular complexity index is 686. The summed E-state index contributed by atoms with van der Waals surface area (Å²) in [6, 6.07) is 7.72. The van der Waals surface area contributed by atoms with Crippen molar-refractivity contribution in [3.05, 3.63) is 24.3 Å². The summed E-state index contributed by atoms with van der Waals surface area (Å²) in [6.45, 7) is 3.39. The van der Waals surface area contributed by atoms with E-state index in [1.165, 1.54) is 11.3 Å². The molecule has 2 aromatic rings. The molecule has 122 valence electrons. The second kappa shape index (κ2) is 6.54. The maximum atomic E-state index is 11.2. The highest BCUT2D eigenvalue weighted by atomic mass is 32.1. The molecule has 1 saturated heterocycles. The summed E-state index contributed by atoms with van der Waals surface area (Å²) >= 11 is 1.53. The number of ether oxygens (including phenoxy) is 1. The predicted molar refractivity (Wildman–Crippen MR) is 89.0 cm³/mol. The Balaban J connectivity index is 1.73. The van der Waals surface area contributed by atoms with E-state index in [4.69, 9.17) is 4.74 Å². The molecule has 1 aromatic heterocycles. The Morgan fingerprint density at radius 1 is 1.35 bits per heavy atom. The van der Waals surface area contributed by atoms with Crippen molar-refractivity contribution in [2.45, 2.75) is 13.3 Å². The van der Waals surface area contributed by atoms with Crippen molar-refractivity contribution < 1.29 is 14.6 Å². The molecule has 0 aliphatic carbocycles. The Morgan fingerprint density at radius 3 is 2.70 bits per heavy atom. The first kappa shape index (κ1) is 15.7. The zero-order chi connectivity index (χ0) is 16.4. The van der Waals surface area contributed by atoms with Gasteiger partial charge in [-0.2, -0.15) is 0 Å². The van der Waals surface area contributed by atoms with Crippen molar-refractivity contribution in [2.75, 3.05) is 25.1 Å². The molecule has 3 rings (SSSR count). The lowest BCUT2D eigenvalue weighted by atomic mass is 9.87. The molecular weight excluding hydrogens is 314 g/mol. The summed E-state index contributed by atoms with van der Waals surface area (Å²) in [6.07, 6.45) is 0.647. The lowest BCUT2D eigenvalue weighted by Crippen LogP contribution is -2.42. The molecule has 1 aliphatic heterocycles. The molecule has 2 atom stereocenters. The van der Waals surface area contributed by atoms with Crippen LogP contribution in [0.4, 0.5) is 5.13 Å². The summed E-state index contributed by atoms with van der Waals surface area (Å²) in [5.41, 5.74) is 1.00. The highest BCUT2D eigenvalue weighted by Gasteiger charge is 2.32. The molecular formula is C16H19N3O3S. The van der Waals surface area contributed by atoms with Gasteiger partial charge in [-0.3, -0.25) is 4.79 Å². The molecule has 23 heavy (non-hydrogen) atoms. The van der Waals surface area contributed by atoms with Crippen LogP contribution < -0.4 is 9.64 Å². The lowest BCUT2D eigenvalue weighted by Gasteiger charge is -2.34. The van der Waals surface area contributed by atoms with Gasteiger partial charge in [-0.1, -0.05) is 18.3 Å². The number of nitrogens with zero attached hydrogens (tertiary/aromatic N) is 3. The maximum absolute atomic E-state index is 11.2. The first-order valence-electron chi connectivity index (χ1n) is 7.54. The molecule has 1 aromatic carbocycles. The van der Waals surface area contributed by atoms with Crippen LogP contribution in [0.3, 0.4) is 0 Å². The van der Waals surface area contributed by atoms with Crippen molar-refractivity contribution in [3.63, 3.8) is 0 Å². The van der Waals surface area contributed by atoms with Crippen LogP contribution >= 0.6 is 11.3 Å². The number of hydrogen-bond donors (Lipinski definition) is 1. The number of benzene rings is 1. The van der Waals surface area contributed by atoms with Gasteiger partial charge in [0.25, 0.3) is 0 Å². The molecule has 0 saturated carbocycles. The van der Waals surface area contributed by atoms with Crippen molar-refractivity contribution in [1.82, 2.24) is 10.2 Å². The maximum Gasteiger partial charge on any atom is 0.306 e. The largest absolute Gasteiger partial charge is 0.497 e. The van der Waals surface area contributed by atoms with E-state index in [1.54, 1.807) is 7.11 Å². The number of carbonyl (C=O) groups is 1. The predicted octanol–water partition coefficient (Wildman–Crippen LogP) is 2.76. The van der Waals surface area contributed by atoms with E-state index in [1.807, 2.05) is 31.2 Å². The molecule has 6 nitrogen and oxygen atoms in total. The van der Waals surface area contributed by atoms with Crippen molar-refractivity contribution in [2.24, 2.45) is 11.8 Å². The minimum absolute atomic E-state index is 0.106. The number of aromatic nitrogens is 2. The number of hydrogen-bond acceptors (Lipinski definition) is 6. The Kier molecular flexibility index (Phi) is 4.47. The van der Waals surface area contributed by atoms with Gasteiger partial charge in [0.05, 0.1) is 13.0 Å². The van der Waals surface area contributed by atoms with Gasteiger partial charge in [0, 0.05) is 18.7 Å². The van der Waals surface area contributed by atoms with Gasteiger partial charge in [-0.05, 0) is 36.6 Å². The van der Waals surface area contributed by atoms with Gasteiger partial charge in [-0.25, -0.2) is 0 Å². The van der Waals surface area contributed by atoms with Gasteiger partial charge < -0.3 is 14.7 Å². The summed E-state index contributed by atoms with van der Waals surface area (Å²) in [7, 11) is 1.64. The first-order valence-corrected chi connectivity index (χ1v) is 8.36. The van der Waals surface area contributed by atoms with E-state index < -0.39 is 5.97 Å². The van der Waals surface area contributed by atoms with Crippen LogP contribution in [0.15, 0.2) is 24.3 Å². The van der Waals surface area contributed by atoms with Gasteiger partial charge >= 0.3 is 5.97 Å². The van der Waals surface area contributed by atoms with Crippen LogP contribution in [0, 0.1) is 11.8 Å². The van der Waals surface area contributed by atoms with Gasteiger partial charge in [0.15, 0.2) is 0 Å². The zero-order valence-electron chi connectivity index (χ0n) is 13.1. The minimum atomic E-state index is -0.701. The Hall–Kier alpha value is -2.15. The van der Waals surface area contributed by atoms with Crippen LogP contribution in [-0.4, -0.2) is 41.5 Å². The fourth-order valence-corrected chi connectivity index (χ4v) is 3.76. The quantitative estimate of drug-likeness (QED) is 0.927. The topological polar surface area (TPSA) is 75.6 Å². The smallest absolute Gasteiger partial charge is 0.306 e. The molecule has 0 spiro atoms. The highest BCUT2D eigenvalue weighted by Crippen LogP contribution is 2.33. The summed E-state index contributed by atoms with van der Waals surface area (Å²) < 4.78 is 5.16. The molecule has 1 aliphatic rings.